The van der Waals surface area contributed by atoms with Crippen molar-refractivity contribution in [1.29, 1.82) is 0 Å². The van der Waals surface area contributed by atoms with Crippen LogP contribution in [0.15, 0.2) is 23.1 Å². The molecule has 1 aromatic rings. The van der Waals surface area contributed by atoms with Crippen molar-refractivity contribution in [3.8, 4) is 5.75 Å². The van der Waals surface area contributed by atoms with Gasteiger partial charge in [-0.3, -0.25) is 4.79 Å². The first-order valence-electron chi connectivity index (χ1n) is 11.5. The minimum Gasteiger partial charge on any atom is -0.494 e. The Balaban J connectivity index is 1.38. The van der Waals surface area contributed by atoms with Gasteiger partial charge in [0, 0.05) is 4.90 Å². The molecule has 0 radical (unpaired) electrons. The number of carbonyl (C=O) groups is 1. The molecule has 0 aliphatic carbocycles. The highest BCUT2D eigenvalue weighted by Crippen LogP contribution is 2.34. The van der Waals surface area contributed by atoms with Crippen LogP contribution in [0.4, 0.5) is 5.69 Å². The van der Waals surface area contributed by atoms with Crippen LogP contribution in [0.5, 0.6) is 5.75 Å². The molecule has 0 bridgehead atoms. The lowest BCUT2D eigenvalue weighted by atomic mass is 10.0. The first kappa shape index (κ1) is 23.1. The second-order valence-electron chi connectivity index (χ2n) is 7.94. The van der Waals surface area contributed by atoms with E-state index in [1.165, 1.54) is 83.5 Å². The first-order valence-corrected chi connectivity index (χ1v) is 12.5. The van der Waals surface area contributed by atoms with Crippen LogP contribution < -0.4 is 10.1 Å². The summed E-state index contributed by atoms with van der Waals surface area (Å²) in [6.45, 7) is 3.07. The molecule has 0 saturated carbocycles. The quantitative estimate of drug-likeness (QED) is 0.288. The molecule has 1 aliphatic heterocycles. The van der Waals surface area contributed by atoms with E-state index in [9.17, 15) is 4.79 Å². The van der Waals surface area contributed by atoms with E-state index in [-0.39, 0.29) is 5.91 Å². The van der Waals surface area contributed by atoms with Gasteiger partial charge in [0.2, 0.25) is 5.91 Å². The van der Waals surface area contributed by atoms with E-state index in [1.54, 1.807) is 11.8 Å². The third-order valence-electron chi connectivity index (χ3n) is 5.35. The topological polar surface area (TPSA) is 38.3 Å². The second kappa shape index (κ2) is 14.8. The van der Waals surface area contributed by atoms with E-state index in [2.05, 4.69) is 12.2 Å². The number of unbranched alkanes of at least 4 members (excludes halogenated alkanes) is 13. The Labute approximate surface area is 176 Å². The lowest BCUT2D eigenvalue weighted by Crippen LogP contribution is -2.18. The number of rotatable bonds is 16. The Morgan fingerprint density at radius 1 is 0.857 bits per heavy atom. The van der Waals surface area contributed by atoms with E-state index in [4.69, 9.17) is 4.74 Å². The number of hydrogen-bond acceptors (Lipinski definition) is 3. The molecule has 0 saturated heterocycles. The van der Waals surface area contributed by atoms with Crippen molar-refractivity contribution in [3.05, 3.63) is 18.2 Å². The molecule has 0 fully saturated rings. The molecule has 0 aromatic heterocycles. The summed E-state index contributed by atoms with van der Waals surface area (Å²) in [7, 11) is 0. The number of anilines is 1. The minimum absolute atomic E-state index is 0.0774. The Bertz CT molecular complexity index is 562. The van der Waals surface area contributed by atoms with Gasteiger partial charge in [0.1, 0.15) is 5.75 Å². The Morgan fingerprint density at radius 3 is 2.04 bits per heavy atom. The third-order valence-corrected chi connectivity index (χ3v) is 6.41. The van der Waals surface area contributed by atoms with Crippen molar-refractivity contribution >= 4 is 23.4 Å². The third kappa shape index (κ3) is 9.86. The number of thioether (sulfide) groups is 1. The number of benzene rings is 1. The maximum Gasteiger partial charge on any atom is 0.234 e. The SMILES string of the molecule is CCCCCCCCCCCCCCCCOc1ccc2c(c1)SCC(=O)N2. The predicted octanol–water partition coefficient (Wildman–Crippen LogP) is 7.59. The van der Waals surface area contributed by atoms with Crippen molar-refractivity contribution in [2.45, 2.75) is 102 Å². The van der Waals surface area contributed by atoms with Crippen molar-refractivity contribution in [1.82, 2.24) is 0 Å². The summed E-state index contributed by atoms with van der Waals surface area (Å²) >= 11 is 1.58. The van der Waals surface area contributed by atoms with Gasteiger partial charge < -0.3 is 10.1 Å². The molecule has 1 heterocycles. The van der Waals surface area contributed by atoms with Crippen LogP contribution in [-0.2, 0) is 4.79 Å². The summed E-state index contributed by atoms with van der Waals surface area (Å²) in [5, 5.41) is 2.89. The second-order valence-corrected chi connectivity index (χ2v) is 8.96. The zero-order valence-corrected chi connectivity index (χ0v) is 18.6. The summed E-state index contributed by atoms with van der Waals surface area (Å²) in [5.74, 6) is 1.49. The Morgan fingerprint density at radius 2 is 1.43 bits per heavy atom. The summed E-state index contributed by atoms with van der Waals surface area (Å²) in [6.07, 6.45) is 19.3. The van der Waals surface area contributed by atoms with Crippen LogP contribution in [0.25, 0.3) is 0 Å². The summed E-state index contributed by atoms with van der Waals surface area (Å²) in [4.78, 5) is 12.5. The molecular formula is C24H39NO2S. The Kier molecular flexibility index (Phi) is 12.2. The maximum atomic E-state index is 11.4. The molecule has 1 amide bonds. The fourth-order valence-corrected chi connectivity index (χ4v) is 4.46. The van der Waals surface area contributed by atoms with E-state index in [1.807, 2.05) is 18.2 Å². The van der Waals surface area contributed by atoms with Gasteiger partial charge in [-0.15, -0.1) is 11.8 Å². The Hall–Kier alpha value is -1.16. The fraction of sp³-hybridized carbons (Fsp3) is 0.708. The van der Waals surface area contributed by atoms with Crippen LogP contribution >= 0.6 is 11.8 Å². The number of carbonyl (C=O) groups excluding carboxylic acids is 1. The average molecular weight is 406 g/mol. The smallest absolute Gasteiger partial charge is 0.234 e. The first-order chi connectivity index (χ1) is 13.8. The fourth-order valence-electron chi connectivity index (χ4n) is 3.63. The molecule has 158 valence electrons. The van der Waals surface area contributed by atoms with Crippen LogP contribution in [0.2, 0.25) is 0 Å². The van der Waals surface area contributed by atoms with Gasteiger partial charge in [0.05, 0.1) is 18.0 Å². The standard InChI is InChI=1S/C24H39NO2S/c1-2-3-4-5-6-7-8-9-10-11-12-13-14-15-18-27-21-16-17-22-23(19-21)28-20-24(26)25-22/h16-17,19H,2-15,18,20H2,1H3,(H,25,26). The summed E-state index contributed by atoms with van der Waals surface area (Å²) < 4.78 is 5.88. The molecule has 2 rings (SSSR count). The molecule has 1 aromatic carbocycles. The van der Waals surface area contributed by atoms with E-state index < -0.39 is 0 Å². The van der Waals surface area contributed by atoms with Gasteiger partial charge in [0.25, 0.3) is 0 Å². The van der Waals surface area contributed by atoms with Gasteiger partial charge in [-0.25, -0.2) is 0 Å². The van der Waals surface area contributed by atoms with Crippen LogP contribution in [-0.4, -0.2) is 18.3 Å². The molecule has 1 aliphatic rings. The zero-order valence-electron chi connectivity index (χ0n) is 17.8. The molecule has 4 heteroatoms. The van der Waals surface area contributed by atoms with Gasteiger partial charge in [-0.1, -0.05) is 90.4 Å². The highest BCUT2D eigenvalue weighted by molar-refractivity contribution is 8.00. The normalized spacial score (nSPS) is 13.2. The average Bonchev–Trinajstić information content (AvgIpc) is 2.71. The van der Waals surface area contributed by atoms with Gasteiger partial charge >= 0.3 is 0 Å². The minimum atomic E-state index is 0.0774. The lowest BCUT2D eigenvalue weighted by Gasteiger charge is -2.17. The summed E-state index contributed by atoms with van der Waals surface area (Å²) in [6, 6.07) is 5.94. The van der Waals surface area contributed by atoms with Crippen molar-refractivity contribution in [2.75, 3.05) is 17.7 Å². The molecule has 0 atom stereocenters. The van der Waals surface area contributed by atoms with Gasteiger partial charge in [0.15, 0.2) is 0 Å². The van der Waals surface area contributed by atoms with E-state index in [0.717, 1.165) is 29.4 Å². The molecule has 0 unspecified atom stereocenters. The largest absolute Gasteiger partial charge is 0.494 e. The maximum absolute atomic E-state index is 11.4. The number of amides is 1. The van der Waals surface area contributed by atoms with Gasteiger partial charge in [-0.2, -0.15) is 0 Å². The molecule has 0 spiro atoms. The predicted molar refractivity (Wildman–Crippen MR) is 122 cm³/mol. The van der Waals surface area contributed by atoms with Crippen molar-refractivity contribution in [2.24, 2.45) is 0 Å². The highest BCUT2D eigenvalue weighted by atomic mass is 32.2. The molecular weight excluding hydrogens is 366 g/mol. The van der Waals surface area contributed by atoms with Crippen molar-refractivity contribution < 1.29 is 9.53 Å². The van der Waals surface area contributed by atoms with E-state index >= 15 is 0 Å². The highest BCUT2D eigenvalue weighted by Gasteiger charge is 2.15. The summed E-state index contributed by atoms with van der Waals surface area (Å²) in [5.41, 5.74) is 0.907. The zero-order chi connectivity index (χ0) is 19.9. The molecule has 1 N–H and O–H groups in total. The van der Waals surface area contributed by atoms with Gasteiger partial charge in [-0.05, 0) is 24.6 Å². The monoisotopic (exact) mass is 405 g/mol. The molecule has 28 heavy (non-hydrogen) atoms. The number of nitrogens with one attached hydrogen (secondary N) is 1. The number of fused-ring (bicyclic) bond motifs is 1. The number of hydrogen-bond donors (Lipinski definition) is 1. The van der Waals surface area contributed by atoms with E-state index in [0.29, 0.717) is 5.75 Å². The van der Waals surface area contributed by atoms with Crippen LogP contribution in [0, 0.1) is 0 Å². The lowest BCUT2D eigenvalue weighted by molar-refractivity contribution is -0.113. The molecule has 3 nitrogen and oxygen atoms in total. The van der Waals surface area contributed by atoms with Crippen LogP contribution in [0.1, 0.15) is 96.8 Å². The van der Waals surface area contributed by atoms with Crippen LogP contribution in [0.3, 0.4) is 0 Å². The number of ether oxygens (including phenoxy) is 1. The van der Waals surface area contributed by atoms with Crippen molar-refractivity contribution in [3.63, 3.8) is 0 Å².